The Balaban J connectivity index is 0.00000341. The van der Waals surface area contributed by atoms with Gasteiger partial charge in [0.2, 0.25) is 0 Å². The first-order valence-corrected chi connectivity index (χ1v) is 10.8. The fourth-order valence-corrected chi connectivity index (χ4v) is 4.06. The Hall–Kier alpha value is -1.63. The monoisotopic (exact) mass is 545 g/mol. The summed E-state index contributed by atoms with van der Waals surface area (Å²) in [7, 11) is 3.30. The maximum absolute atomic E-state index is 6.24. The van der Waals surface area contributed by atoms with Crippen molar-refractivity contribution in [2.45, 2.75) is 19.7 Å². The minimum atomic E-state index is 0. The number of hydrogen-bond acceptors (Lipinski definition) is 4. The van der Waals surface area contributed by atoms with Gasteiger partial charge in [-0.2, -0.15) is 0 Å². The van der Waals surface area contributed by atoms with Crippen LogP contribution in [0.2, 0.25) is 10.0 Å². The lowest BCUT2D eigenvalue weighted by atomic mass is 10.1. The van der Waals surface area contributed by atoms with E-state index in [1.807, 2.05) is 42.5 Å². The van der Waals surface area contributed by atoms with Gasteiger partial charge in [0.25, 0.3) is 0 Å². The SMILES string of the molecule is COc1ccccc1CNCc1cc(Br)c(OCc2ccc(Cl)cc2Cl)c(OC)c1.Cl. The summed E-state index contributed by atoms with van der Waals surface area (Å²) in [6.07, 6.45) is 0. The highest BCUT2D eigenvalue weighted by Gasteiger charge is 2.13. The Morgan fingerprint density at radius 1 is 0.871 bits per heavy atom. The van der Waals surface area contributed by atoms with Crippen LogP contribution >= 0.6 is 51.5 Å². The molecule has 0 saturated carbocycles. The minimum absolute atomic E-state index is 0. The quantitative estimate of drug-likeness (QED) is 0.311. The van der Waals surface area contributed by atoms with E-state index in [1.165, 1.54) is 0 Å². The van der Waals surface area contributed by atoms with Crippen molar-refractivity contribution in [1.82, 2.24) is 5.32 Å². The number of rotatable bonds is 9. The fourth-order valence-electron chi connectivity index (χ4n) is 2.99. The van der Waals surface area contributed by atoms with Gasteiger partial charge < -0.3 is 19.5 Å². The molecule has 0 bridgehead atoms. The van der Waals surface area contributed by atoms with Gasteiger partial charge in [0, 0.05) is 34.3 Å². The molecular weight excluding hydrogens is 525 g/mol. The van der Waals surface area contributed by atoms with Crippen LogP contribution in [0.25, 0.3) is 0 Å². The lowest BCUT2D eigenvalue weighted by molar-refractivity contribution is 0.282. The second-order valence-electron chi connectivity index (χ2n) is 6.55. The Bertz CT molecular complexity index is 1020. The van der Waals surface area contributed by atoms with E-state index >= 15 is 0 Å². The molecule has 0 radical (unpaired) electrons. The first kappa shape index (κ1) is 25.6. The lowest BCUT2D eigenvalue weighted by Gasteiger charge is -2.16. The van der Waals surface area contributed by atoms with E-state index in [9.17, 15) is 0 Å². The zero-order chi connectivity index (χ0) is 21.5. The molecule has 0 amide bonds. The van der Waals surface area contributed by atoms with Gasteiger partial charge in [-0.15, -0.1) is 12.4 Å². The Kier molecular flexibility index (Phi) is 10.3. The van der Waals surface area contributed by atoms with Crippen molar-refractivity contribution in [3.05, 3.63) is 85.8 Å². The molecular formula is C23H23BrCl3NO3. The standard InChI is InChI=1S/C23H22BrCl2NO3.ClH/c1-28-21-6-4-3-5-16(21)13-27-12-15-9-19(24)23(22(10-15)29-2)30-14-17-7-8-18(25)11-20(17)26;/h3-11,27H,12-14H2,1-2H3;1H. The number of para-hydroxylation sites is 1. The molecule has 0 unspecified atom stereocenters. The summed E-state index contributed by atoms with van der Waals surface area (Å²) in [4.78, 5) is 0. The van der Waals surface area contributed by atoms with Crippen LogP contribution in [0.4, 0.5) is 0 Å². The van der Waals surface area contributed by atoms with Gasteiger partial charge in [-0.05, 0) is 51.8 Å². The van der Waals surface area contributed by atoms with Gasteiger partial charge >= 0.3 is 0 Å². The molecule has 3 aromatic carbocycles. The van der Waals surface area contributed by atoms with Crippen LogP contribution in [-0.4, -0.2) is 14.2 Å². The summed E-state index contributed by atoms with van der Waals surface area (Å²) in [6, 6.07) is 17.3. The second-order valence-corrected chi connectivity index (χ2v) is 8.25. The van der Waals surface area contributed by atoms with E-state index in [1.54, 1.807) is 26.4 Å². The third-order valence-corrected chi connectivity index (χ3v) is 5.69. The number of nitrogens with one attached hydrogen (secondary N) is 1. The van der Waals surface area contributed by atoms with E-state index in [4.69, 9.17) is 37.4 Å². The summed E-state index contributed by atoms with van der Waals surface area (Å²) in [5, 5.41) is 4.59. The predicted molar refractivity (Wildman–Crippen MR) is 132 cm³/mol. The largest absolute Gasteiger partial charge is 0.496 e. The average molecular weight is 548 g/mol. The molecule has 1 N–H and O–H groups in total. The molecule has 0 fully saturated rings. The summed E-state index contributed by atoms with van der Waals surface area (Å²) in [5.41, 5.74) is 3.01. The van der Waals surface area contributed by atoms with Gasteiger partial charge in [-0.3, -0.25) is 0 Å². The molecule has 8 heteroatoms. The van der Waals surface area contributed by atoms with Crippen LogP contribution in [0.15, 0.2) is 59.1 Å². The van der Waals surface area contributed by atoms with E-state index in [0.29, 0.717) is 41.2 Å². The Labute approximate surface area is 207 Å². The van der Waals surface area contributed by atoms with Crippen molar-refractivity contribution < 1.29 is 14.2 Å². The maximum Gasteiger partial charge on any atom is 0.175 e. The van der Waals surface area contributed by atoms with Crippen LogP contribution in [0.1, 0.15) is 16.7 Å². The number of methoxy groups -OCH3 is 2. The highest BCUT2D eigenvalue weighted by Crippen LogP contribution is 2.37. The van der Waals surface area contributed by atoms with Crippen molar-refractivity contribution in [3.8, 4) is 17.2 Å². The summed E-state index contributed by atoms with van der Waals surface area (Å²) in [6.45, 7) is 1.66. The summed E-state index contributed by atoms with van der Waals surface area (Å²) < 4.78 is 17.7. The molecule has 3 aromatic rings. The van der Waals surface area contributed by atoms with Gasteiger partial charge in [0.1, 0.15) is 12.4 Å². The molecule has 31 heavy (non-hydrogen) atoms. The maximum atomic E-state index is 6.24. The van der Waals surface area contributed by atoms with Crippen molar-refractivity contribution in [3.63, 3.8) is 0 Å². The number of hydrogen-bond donors (Lipinski definition) is 1. The minimum Gasteiger partial charge on any atom is -0.496 e. The molecule has 4 nitrogen and oxygen atoms in total. The topological polar surface area (TPSA) is 39.7 Å². The fraction of sp³-hybridized carbons (Fsp3) is 0.217. The van der Waals surface area contributed by atoms with Crippen LogP contribution in [-0.2, 0) is 19.7 Å². The molecule has 0 aliphatic carbocycles. The predicted octanol–water partition coefficient (Wildman–Crippen LogP) is 7.06. The van der Waals surface area contributed by atoms with Crippen molar-refractivity contribution >= 4 is 51.5 Å². The molecule has 0 aliphatic rings. The Morgan fingerprint density at radius 3 is 2.32 bits per heavy atom. The van der Waals surface area contributed by atoms with Gasteiger partial charge in [0.05, 0.1) is 18.7 Å². The average Bonchev–Trinajstić information content (AvgIpc) is 2.74. The third-order valence-electron chi connectivity index (χ3n) is 4.51. The molecule has 3 rings (SSSR count). The van der Waals surface area contributed by atoms with E-state index in [0.717, 1.165) is 26.9 Å². The second kappa shape index (κ2) is 12.4. The van der Waals surface area contributed by atoms with Crippen LogP contribution in [0, 0.1) is 0 Å². The Morgan fingerprint density at radius 2 is 1.61 bits per heavy atom. The van der Waals surface area contributed by atoms with Crippen molar-refractivity contribution in [2.75, 3.05) is 14.2 Å². The van der Waals surface area contributed by atoms with E-state index < -0.39 is 0 Å². The zero-order valence-corrected chi connectivity index (χ0v) is 21.0. The lowest BCUT2D eigenvalue weighted by Crippen LogP contribution is -2.13. The first-order chi connectivity index (χ1) is 14.5. The third kappa shape index (κ3) is 6.93. The molecule has 0 spiro atoms. The van der Waals surface area contributed by atoms with Crippen molar-refractivity contribution in [1.29, 1.82) is 0 Å². The van der Waals surface area contributed by atoms with E-state index in [-0.39, 0.29) is 12.4 Å². The summed E-state index contributed by atoms with van der Waals surface area (Å²) in [5.74, 6) is 2.13. The zero-order valence-electron chi connectivity index (χ0n) is 17.1. The van der Waals surface area contributed by atoms with E-state index in [2.05, 4.69) is 21.2 Å². The van der Waals surface area contributed by atoms with Crippen molar-refractivity contribution in [2.24, 2.45) is 0 Å². The smallest absolute Gasteiger partial charge is 0.175 e. The van der Waals surface area contributed by atoms with Crippen LogP contribution < -0.4 is 19.5 Å². The summed E-state index contributed by atoms with van der Waals surface area (Å²) >= 11 is 15.8. The molecule has 0 aromatic heterocycles. The highest BCUT2D eigenvalue weighted by molar-refractivity contribution is 9.10. The number of benzene rings is 3. The molecule has 0 aliphatic heterocycles. The normalized spacial score (nSPS) is 10.4. The van der Waals surface area contributed by atoms with Crippen LogP contribution in [0.3, 0.4) is 0 Å². The first-order valence-electron chi connectivity index (χ1n) is 9.27. The van der Waals surface area contributed by atoms with Crippen LogP contribution in [0.5, 0.6) is 17.2 Å². The number of ether oxygens (including phenoxy) is 3. The molecule has 0 saturated heterocycles. The van der Waals surface area contributed by atoms with Gasteiger partial charge in [-0.25, -0.2) is 0 Å². The highest BCUT2D eigenvalue weighted by atomic mass is 79.9. The molecule has 166 valence electrons. The molecule has 0 atom stereocenters. The van der Waals surface area contributed by atoms with Gasteiger partial charge in [0.15, 0.2) is 11.5 Å². The molecule has 0 heterocycles. The van der Waals surface area contributed by atoms with Gasteiger partial charge in [-0.1, -0.05) is 47.5 Å². The number of halogens is 4.